The van der Waals surface area contributed by atoms with E-state index in [9.17, 15) is 4.79 Å². The zero-order chi connectivity index (χ0) is 16.7. The maximum atomic E-state index is 10.7. The van der Waals surface area contributed by atoms with Crippen LogP contribution in [0.1, 0.15) is 27.7 Å². The highest BCUT2D eigenvalue weighted by Crippen LogP contribution is 2.37. The Bertz CT molecular complexity index is 346. The van der Waals surface area contributed by atoms with Crippen LogP contribution in [-0.4, -0.2) is 51.9 Å². The van der Waals surface area contributed by atoms with Crippen molar-refractivity contribution in [2.45, 2.75) is 58.0 Å². The molecule has 21 heavy (non-hydrogen) atoms. The first-order chi connectivity index (χ1) is 9.51. The molecule has 0 rings (SSSR count). The van der Waals surface area contributed by atoms with Crippen LogP contribution in [-0.2, 0) is 18.7 Å². The third kappa shape index (κ3) is 7.76. The Morgan fingerprint density at radius 3 is 2.29 bits per heavy atom. The van der Waals surface area contributed by atoms with Crippen LogP contribution in [0.2, 0.25) is 18.1 Å². The van der Waals surface area contributed by atoms with Gasteiger partial charge in [0.15, 0.2) is 8.32 Å². The number of carboxylic acid groups (broad SMARTS) is 1. The first-order valence-corrected chi connectivity index (χ1v) is 10.1. The van der Waals surface area contributed by atoms with Gasteiger partial charge >= 0.3 is 5.97 Å². The first kappa shape index (κ1) is 20.3. The molecule has 0 spiro atoms. The number of carboxylic acids is 1. The van der Waals surface area contributed by atoms with Crippen LogP contribution >= 0.6 is 0 Å². The maximum absolute atomic E-state index is 10.7. The Labute approximate surface area is 129 Å². The van der Waals surface area contributed by atoms with Gasteiger partial charge in [0.2, 0.25) is 0 Å². The Morgan fingerprint density at radius 2 is 1.86 bits per heavy atom. The largest absolute Gasteiger partial charge is 0.478 e. The molecule has 0 aliphatic carbocycles. The van der Waals surface area contributed by atoms with Crippen molar-refractivity contribution in [2.24, 2.45) is 0 Å². The Hall–Kier alpha value is -0.693. The van der Waals surface area contributed by atoms with E-state index in [1.165, 1.54) is 6.08 Å². The van der Waals surface area contributed by atoms with Gasteiger partial charge < -0.3 is 19.0 Å². The van der Waals surface area contributed by atoms with Gasteiger partial charge in [-0.2, -0.15) is 0 Å². The van der Waals surface area contributed by atoms with Crippen LogP contribution in [0.25, 0.3) is 0 Å². The normalized spacial score (nSPS) is 16.1. The number of hydrogen-bond donors (Lipinski definition) is 1. The zero-order valence-corrected chi connectivity index (χ0v) is 15.3. The van der Waals surface area contributed by atoms with E-state index in [1.54, 1.807) is 7.11 Å². The minimum absolute atomic E-state index is 0.0921. The number of methoxy groups -OCH3 is 1. The summed E-state index contributed by atoms with van der Waals surface area (Å²) in [4.78, 5) is 10.7. The van der Waals surface area contributed by atoms with Crippen LogP contribution in [0.15, 0.2) is 12.2 Å². The van der Waals surface area contributed by atoms with E-state index in [0.717, 1.165) is 6.08 Å². The second-order valence-corrected chi connectivity index (χ2v) is 11.4. The van der Waals surface area contributed by atoms with Gasteiger partial charge in [-0.3, -0.25) is 0 Å². The highest BCUT2D eigenvalue weighted by Gasteiger charge is 2.39. The van der Waals surface area contributed by atoms with Crippen molar-refractivity contribution in [3.63, 3.8) is 0 Å². The van der Waals surface area contributed by atoms with Crippen LogP contribution < -0.4 is 0 Å². The molecule has 0 heterocycles. The Kier molecular flexibility index (Phi) is 8.39. The van der Waals surface area contributed by atoms with E-state index < -0.39 is 20.4 Å². The van der Waals surface area contributed by atoms with Crippen LogP contribution in [0.3, 0.4) is 0 Å². The summed E-state index contributed by atoms with van der Waals surface area (Å²) in [7, 11) is -0.329. The highest BCUT2D eigenvalue weighted by molar-refractivity contribution is 6.74. The van der Waals surface area contributed by atoms with Crippen LogP contribution in [0, 0.1) is 0 Å². The van der Waals surface area contributed by atoms with E-state index >= 15 is 0 Å². The molecule has 0 aromatic carbocycles. The molecule has 1 N–H and O–H groups in total. The molecule has 0 saturated heterocycles. The van der Waals surface area contributed by atoms with Gasteiger partial charge in [-0.1, -0.05) is 20.8 Å². The summed E-state index contributed by atoms with van der Waals surface area (Å²) in [5.41, 5.74) is 0. The Morgan fingerprint density at radius 1 is 1.29 bits per heavy atom. The molecule has 6 heteroatoms. The minimum Gasteiger partial charge on any atom is -0.478 e. The van der Waals surface area contributed by atoms with Crippen molar-refractivity contribution >= 4 is 14.3 Å². The quantitative estimate of drug-likeness (QED) is 0.402. The highest BCUT2D eigenvalue weighted by atomic mass is 28.4. The van der Waals surface area contributed by atoms with Gasteiger partial charge in [0, 0.05) is 13.2 Å². The molecule has 0 amide bonds. The molecule has 0 unspecified atom stereocenters. The lowest BCUT2D eigenvalue weighted by Crippen LogP contribution is -2.46. The number of carbonyl (C=O) groups is 1. The van der Waals surface area contributed by atoms with Gasteiger partial charge in [0.05, 0.1) is 19.3 Å². The molecule has 0 saturated carbocycles. The molecular weight excluding hydrogens is 288 g/mol. The first-order valence-electron chi connectivity index (χ1n) is 7.20. The van der Waals surface area contributed by atoms with E-state index in [-0.39, 0.29) is 11.1 Å². The van der Waals surface area contributed by atoms with E-state index in [2.05, 4.69) is 33.9 Å². The second kappa shape index (κ2) is 8.68. The molecular formula is C15H30O5Si. The van der Waals surface area contributed by atoms with E-state index in [1.807, 2.05) is 6.92 Å². The molecule has 5 nitrogen and oxygen atoms in total. The van der Waals surface area contributed by atoms with Gasteiger partial charge in [-0.05, 0) is 31.1 Å². The molecule has 0 bridgehead atoms. The predicted molar refractivity (Wildman–Crippen MR) is 86.1 cm³/mol. The fraction of sp³-hybridized carbons (Fsp3) is 0.800. The summed E-state index contributed by atoms with van der Waals surface area (Å²) in [6, 6.07) is 0. The minimum atomic E-state index is -1.93. The van der Waals surface area contributed by atoms with Gasteiger partial charge in [-0.25, -0.2) is 4.79 Å². The maximum Gasteiger partial charge on any atom is 0.328 e. The summed E-state index contributed by atoms with van der Waals surface area (Å²) >= 11 is 0. The number of ether oxygens (including phenoxy) is 2. The zero-order valence-electron chi connectivity index (χ0n) is 14.3. The molecule has 0 radical (unpaired) electrons. The summed E-state index contributed by atoms with van der Waals surface area (Å²) < 4.78 is 16.9. The van der Waals surface area contributed by atoms with Gasteiger partial charge in [0.1, 0.15) is 6.10 Å². The van der Waals surface area contributed by atoms with Crippen molar-refractivity contribution in [2.75, 3.05) is 20.3 Å². The molecule has 0 fully saturated rings. The van der Waals surface area contributed by atoms with Crippen LogP contribution in [0.5, 0.6) is 0 Å². The van der Waals surface area contributed by atoms with Crippen molar-refractivity contribution in [1.29, 1.82) is 0 Å². The van der Waals surface area contributed by atoms with Crippen molar-refractivity contribution < 1.29 is 23.8 Å². The summed E-state index contributed by atoms with van der Waals surface area (Å²) in [5, 5.41) is 8.87. The molecule has 0 aromatic heterocycles. The molecule has 0 aliphatic rings. The molecule has 0 aromatic rings. The lowest BCUT2D eigenvalue weighted by atomic mass is 10.2. The van der Waals surface area contributed by atoms with Crippen molar-refractivity contribution in [3.05, 3.63) is 12.2 Å². The second-order valence-electron chi connectivity index (χ2n) is 6.61. The fourth-order valence-electron chi connectivity index (χ4n) is 1.50. The lowest BCUT2D eigenvalue weighted by Gasteiger charge is -2.39. The standard InChI is InChI=1S/C15H30O5Si/c1-12(20-21(6,7)15(2,3)4)13(8-9-14(16)17)19-11-10-18-5/h8-9,12-13H,10-11H2,1-7H3,(H,16,17)/b9-8+/t12-,13+/m0/s1. The predicted octanol–water partition coefficient (Wildman–Crippen LogP) is 3.07. The average Bonchev–Trinajstić information content (AvgIpc) is 2.31. The van der Waals surface area contributed by atoms with E-state index in [0.29, 0.717) is 13.2 Å². The third-order valence-corrected chi connectivity index (χ3v) is 8.35. The smallest absolute Gasteiger partial charge is 0.328 e. The third-order valence-electron chi connectivity index (χ3n) is 3.78. The molecule has 2 atom stereocenters. The Balaban J connectivity index is 4.85. The number of rotatable bonds is 9. The summed E-state index contributed by atoms with van der Waals surface area (Å²) in [5.74, 6) is -0.991. The van der Waals surface area contributed by atoms with Gasteiger partial charge in [-0.15, -0.1) is 0 Å². The van der Waals surface area contributed by atoms with Crippen molar-refractivity contribution in [3.8, 4) is 0 Å². The van der Waals surface area contributed by atoms with Gasteiger partial charge in [0.25, 0.3) is 0 Å². The lowest BCUT2D eigenvalue weighted by molar-refractivity contribution is -0.131. The summed E-state index contributed by atoms with van der Waals surface area (Å²) in [6.07, 6.45) is 2.03. The average molecular weight is 318 g/mol. The number of aliphatic carboxylic acids is 1. The fourth-order valence-corrected chi connectivity index (χ4v) is 2.92. The van der Waals surface area contributed by atoms with E-state index in [4.69, 9.17) is 19.0 Å². The van der Waals surface area contributed by atoms with Crippen LogP contribution in [0.4, 0.5) is 0 Å². The van der Waals surface area contributed by atoms with Crippen molar-refractivity contribution in [1.82, 2.24) is 0 Å². The molecule has 124 valence electrons. The number of hydrogen-bond acceptors (Lipinski definition) is 4. The topological polar surface area (TPSA) is 65.0 Å². The summed E-state index contributed by atoms with van der Waals surface area (Å²) in [6.45, 7) is 13.6. The monoisotopic (exact) mass is 318 g/mol. The molecule has 0 aliphatic heterocycles. The SMILES string of the molecule is COCCO[C@H](/C=C/C(=O)O)[C@H](C)O[Si](C)(C)C(C)(C)C.